The summed E-state index contributed by atoms with van der Waals surface area (Å²) in [5, 5.41) is 2.97. The lowest BCUT2D eigenvalue weighted by Gasteiger charge is -2.38. The number of nitrogens with zero attached hydrogens (tertiary/aromatic N) is 2. The van der Waals surface area contributed by atoms with E-state index in [0.29, 0.717) is 6.61 Å². The van der Waals surface area contributed by atoms with E-state index in [9.17, 15) is 9.18 Å². The lowest BCUT2D eigenvalue weighted by Crippen LogP contribution is -2.55. The third kappa shape index (κ3) is 4.91. The van der Waals surface area contributed by atoms with Gasteiger partial charge in [0.1, 0.15) is 5.82 Å². The first kappa shape index (κ1) is 17.7. The summed E-state index contributed by atoms with van der Waals surface area (Å²) in [5.41, 5.74) is 1.02. The quantitative estimate of drug-likeness (QED) is 0.861. The average molecular weight is 323 g/mol. The fourth-order valence-electron chi connectivity index (χ4n) is 2.84. The minimum atomic E-state index is -0.220. The van der Waals surface area contributed by atoms with Crippen LogP contribution in [0.1, 0.15) is 13.8 Å². The highest BCUT2D eigenvalue weighted by Crippen LogP contribution is 2.17. The number of amides is 1. The maximum absolute atomic E-state index is 13.0. The Morgan fingerprint density at radius 3 is 2.39 bits per heavy atom. The van der Waals surface area contributed by atoms with Crippen molar-refractivity contribution in [2.75, 3.05) is 44.8 Å². The first-order valence-corrected chi connectivity index (χ1v) is 8.05. The molecule has 128 valence electrons. The summed E-state index contributed by atoms with van der Waals surface area (Å²) in [7, 11) is 1.63. The van der Waals surface area contributed by atoms with E-state index in [4.69, 9.17) is 4.74 Å². The number of methoxy groups -OCH3 is 1. The summed E-state index contributed by atoms with van der Waals surface area (Å²) in [5.74, 6) is -0.187. The minimum Gasteiger partial charge on any atom is -0.383 e. The van der Waals surface area contributed by atoms with Crippen LogP contribution in [0.2, 0.25) is 0 Å². The molecule has 0 bridgehead atoms. The molecule has 1 saturated heterocycles. The molecule has 0 saturated carbocycles. The van der Waals surface area contributed by atoms with Crippen LogP contribution in [0, 0.1) is 5.82 Å². The van der Waals surface area contributed by atoms with E-state index in [1.807, 2.05) is 13.8 Å². The summed E-state index contributed by atoms with van der Waals surface area (Å²) in [6.45, 7) is 7.66. The number of ether oxygens (including phenoxy) is 1. The molecule has 0 unspecified atom stereocenters. The molecular weight excluding hydrogens is 297 g/mol. The van der Waals surface area contributed by atoms with E-state index in [1.165, 1.54) is 12.1 Å². The average Bonchev–Trinajstić information content (AvgIpc) is 2.55. The summed E-state index contributed by atoms with van der Waals surface area (Å²) < 4.78 is 18.0. The Labute approximate surface area is 137 Å². The van der Waals surface area contributed by atoms with Crippen molar-refractivity contribution in [3.63, 3.8) is 0 Å². The minimum absolute atomic E-state index is 0.00968. The molecule has 1 heterocycles. The number of halogens is 1. The van der Waals surface area contributed by atoms with Crippen molar-refractivity contribution in [2.24, 2.45) is 0 Å². The topological polar surface area (TPSA) is 44.8 Å². The van der Waals surface area contributed by atoms with Gasteiger partial charge < -0.3 is 15.0 Å². The Morgan fingerprint density at radius 2 is 1.83 bits per heavy atom. The molecule has 1 aromatic rings. The number of benzene rings is 1. The van der Waals surface area contributed by atoms with Crippen molar-refractivity contribution in [1.82, 2.24) is 10.2 Å². The molecule has 0 radical (unpaired) electrons. The maximum atomic E-state index is 13.0. The largest absolute Gasteiger partial charge is 0.383 e. The molecule has 5 nitrogen and oxygen atoms in total. The van der Waals surface area contributed by atoms with Gasteiger partial charge in [-0.1, -0.05) is 0 Å². The van der Waals surface area contributed by atoms with E-state index in [0.717, 1.165) is 31.9 Å². The summed E-state index contributed by atoms with van der Waals surface area (Å²) in [4.78, 5) is 16.6. The summed E-state index contributed by atoms with van der Waals surface area (Å²) >= 11 is 0. The van der Waals surface area contributed by atoms with Crippen LogP contribution in [0.25, 0.3) is 0 Å². The number of hydrogen-bond acceptors (Lipinski definition) is 4. The molecule has 1 amide bonds. The third-order valence-electron chi connectivity index (χ3n) is 4.24. The van der Waals surface area contributed by atoms with Crippen molar-refractivity contribution in [3.05, 3.63) is 30.1 Å². The van der Waals surface area contributed by atoms with Crippen molar-refractivity contribution in [3.8, 4) is 0 Å². The molecule has 2 rings (SSSR count). The van der Waals surface area contributed by atoms with Gasteiger partial charge in [0, 0.05) is 45.0 Å². The molecule has 0 aromatic heterocycles. The molecular formula is C17H26FN3O2. The summed E-state index contributed by atoms with van der Waals surface area (Å²) in [6, 6.07) is 6.41. The van der Waals surface area contributed by atoms with Crippen LogP contribution in [0.15, 0.2) is 24.3 Å². The molecule has 1 aliphatic heterocycles. The first-order chi connectivity index (χ1) is 11.0. The van der Waals surface area contributed by atoms with Gasteiger partial charge in [0.05, 0.1) is 12.6 Å². The fourth-order valence-corrected chi connectivity index (χ4v) is 2.84. The van der Waals surface area contributed by atoms with Gasteiger partial charge in [0.25, 0.3) is 0 Å². The number of carbonyl (C=O) groups excluding carboxylic acids is 1. The number of piperazine rings is 1. The van der Waals surface area contributed by atoms with Crippen molar-refractivity contribution in [2.45, 2.75) is 25.9 Å². The number of carbonyl (C=O) groups is 1. The van der Waals surface area contributed by atoms with Crippen LogP contribution in [0.3, 0.4) is 0 Å². The van der Waals surface area contributed by atoms with Crippen molar-refractivity contribution < 1.29 is 13.9 Å². The van der Waals surface area contributed by atoms with Gasteiger partial charge in [0.2, 0.25) is 5.91 Å². The molecule has 2 atom stereocenters. The molecule has 1 N–H and O–H groups in total. The standard InChI is InChI=1S/C17H26FN3O2/c1-13(12-23-3)19-17(22)14(2)20-8-10-21(11-9-20)16-6-4-15(18)5-7-16/h4-7,13-14H,8-12H2,1-3H3,(H,19,22)/t13-,14-/m1/s1. The normalized spacial score (nSPS) is 18.5. The van der Waals surface area contributed by atoms with E-state index in [1.54, 1.807) is 19.2 Å². The SMILES string of the molecule is COC[C@@H](C)NC(=O)[C@@H](C)N1CCN(c2ccc(F)cc2)CC1. The van der Waals surface area contributed by atoms with Crippen molar-refractivity contribution in [1.29, 1.82) is 0 Å². The zero-order valence-electron chi connectivity index (χ0n) is 14.1. The number of nitrogens with one attached hydrogen (secondary N) is 1. The molecule has 1 fully saturated rings. The Hall–Kier alpha value is -1.66. The Bertz CT molecular complexity index is 501. The molecule has 1 aromatic carbocycles. The Morgan fingerprint density at radius 1 is 1.22 bits per heavy atom. The third-order valence-corrected chi connectivity index (χ3v) is 4.24. The molecule has 23 heavy (non-hydrogen) atoms. The predicted molar refractivity (Wildman–Crippen MR) is 89.1 cm³/mol. The summed E-state index contributed by atoms with van der Waals surface area (Å²) in [6.07, 6.45) is 0. The van der Waals surface area contributed by atoms with E-state index in [2.05, 4.69) is 15.1 Å². The smallest absolute Gasteiger partial charge is 0.237 e. The number of hydrogen-bond donors (Lipinski definition) is 1. The maximum Gasteiger partial charge on any atom is 0.237 e. The molecule has 1 aliphatic rings. The van der Waals surface area contributed by atoms with Crippen molar-refractivity contribution >= 4 is 11.6 Å². The van der Waals surface area contributed by atoms with Crippen LogP contribution in [0.5, 0.6) is 0 Å². The highest BCUT2D eigenvalue weighted by Gasteiger charge is 2.26. The molecule has 6 heteroatoms. The van der Waals surface area contributed by atoms with Gasteiger partial charge in [-0.2, -0.15) is 0 Å². The van der Waals surface area contributed by atoms with Crippen LogP contribution in [0.4, 0.5) is 10.1 Å². The predicted octanol–water partition coefficient (Wildman–Crippen LogP) is 1.49. The number of rotatable bonds is 6. The van der Waals surface area contributed by atoms with Gasteiger partial charge in [-0.3, -0.25) is 9.69 Å². The van der Waals surface area contributed by atoms with Gasteiger partial charge in [0.15, 0.2) is 0 Å². The second-order valence-electron chi connectivity index (χ2n) is 6.04. The zero-order valence-corrected chi connectivity index (χ0v) is 14.1. The Balaban J connectivity index is 1.83. The van der Waals surface area contributed by atoms with Gasteiger partial charge in [-0.15, -0.1) is 0 Å². The Kier molecular flexibility index (Phi) is 6.36. The number of anilines is 1. The van der Waals surface area contributed by atoms with Crippen LogP contribution in [-0.2, 0) is 9.53 Å². The van der Waals surface area contributed by atoms with Crippen LogP contribution in [-0.4, -0.2) is 62.8 Å². The lowest BCUT2D eigenvalue weighted by atomic mass is 10.2. The van der Waals surface area contributed by atoms with Gasteiger partial charge >= 0.3 is 0 Å². The molecule has 0 aliphatic carbocycles. The fraction of sp³-hybridized carbons (Fsp3) is 0.588. The second-order valence-corrected chi connectivity index (χ2v) is 6.04. The molecule has 0 spiro atoms. The highest BCUT2D eigenvalue weighted by molar-refractivity contribution is 5.81. The van der Waals surface area contributed by atoms with Gasteiger partial charge in [-0.25, -0.2) is 4.39 Å². The first-order valence-electron chi connectivity index (χ1n) is 8.05. The lowest BCUT2D eigenvalue weighted by molar-refractivity contribution is -0.127. The zero-order chi connectivity index (χ0) is 16.8. The van der Waals surface area contributed by atoms with Crippen LogP contribution < -0.4 is 10.2 Å². The van der Waals surface area contributed by atoms with Gasteiger partial charge in [-0.05, 0) is 38.1 Å². The van der Waals surface area contributed by atoms with E-state index < -0.39 is 0 Å². The monoisotopic (exact) mass is 323 g/mol. The van der Waals surface area contributed by atoms with Crippen LogP contribution >= 0.6 is 0 Å². The highest BCUT2D eigenvalue weighted by atomic mass is 19.1. The van der Waals surface area contributed by atoms with E-state index >= 15 is 0 Å². The van der Waals surface area contributed by atoms with E-state index in [-0.39, 0.29) is 23.8 Å². The second kappa shape index (κ2) is 8.26.